The fraction of sp³-hybridized carbons (Fsp3) is 0.731. The molecular formula is C26H36O6. The number of aliphatic hydroxyl groups excluding tert-OH is 2. The monoisotopic (exact) mass is 444 g/mol. The minimum absolute atomic E-state index is 0.0806. The van der Waals surface area contributed by atoms with E-state index >= 15 is 0 Å². The largest absolute Gasteiger partial charge is 0.511 e. The molecule has 2 saturated carbocycles. The van der Waals surface area contributed by atoms with Crippen LogP contribution in [0.4, 0.5) is 0 Å². The van der Waals surface area contributed by atoms with Gasteiger partial charge < -0.3 is 19.7 Å². The van der Waals surface area contributed by atoms with Crippen molar-refractivity contribution in [1.82, 2.24) is 0 Å². The van der Waals surface area contributed by atoms with Crippen molar-refractivity contribution in [3.63, 3.8) is 0 Å². The number of ketones is 1. The van der Waals surface area contributed by atoms with Gasteiger partial charge in [-0.2, -0.15) is 0 Å². The van der Waals surface area contributed by atoms with Gasteiger partial charge in [0.25, 0.3) is 0 Å². The third-order valence-electron chi connectivity index (χ3n) is 10.5. The van der Waals surface area contributed by atoms with Crippen LogP contribution in [0.5, 0.6) is 0 Å². The van der Waals surface area contributed by atoms with Gasteiger partial charge in [0.15, 0.2) is 11.2 Å². The highest BCUT2D eigenvalue weighted by Crippen LogP contribution is 2.76. The maximum absolute atomic E-state index is 13.9. The number of hydrogen-bond donors (Lipinski definition) is 2. The van der Waals surface area contributed by atoms with Crippen LogP contribution in [0, 0.1) is 38.9 Å². The molecule has 6 nitrogen and oxygen atoms in total. The third kappa shape index (κ3) is 2.09. The Morgan fingerprint density at radius 2 is 1.78 bits per heavy atom. The fourth-order valence-corrected chi connectivity index (χ4v) is 8.62. The Kier molecular flexibility index (Phi) is 4.76. The van der Waals surface area contributed by atoms with Crippen molar-refractivity contribution < 1.29 is 29.3 Å². The van der Waals surface area contributed by atoms with Gasteiger partial charge in [0.2, 0.25) is 0 Å². The number of carbonyl (C=O) groups excluding carboxylic acids is 3. The van der Waals surface area contributed by atoms with Gasteiger partial charge in [-0.3, -0.25) is 9.59 Å². The SMILES string of the molecule is COC(=O)C12C(=O)C(C)=C(O)C1(C)C(C)=CC1C3(C=O)CCC(O)C(C)(C)C3CCC12C. The lowest BCUT2D eigenvalue weighted by Crippen LogP contribution is -2.70. The second-order valence-electron chi connectivity index (χ2n) is 11.6. The molecule has 0 aromatic carbocycles. The Morgan fingerprint density at radius 3 is 2.34 bits per heavy atom. The van der Waals surface area contributed by atoms with E-state index in [-0.39, 0.29) is 17.3 Å². The first-order chi connectivity index (χ1) is 14.7. The molecule has 4 aliphatic carbocycles. The first-order valence-electron chi connectivity index (χ1n) is 11.6. The minimum Gasteiger partial charge on any atom is -0.511 e. The van der Waals surface area contributed by atoms with Gasteiger partial charge in [0.05, 0.1) is 18.6 Å². The summed E-state index contributed by atoms with van der Waals surface area (Å²) in [5.74, 6) is -1.62. The number of esters is 1. The summed E-state index contributed by atoms with van der Waals surface area (Å²) in [4.78, 5) is 40.6. The first-order valence-corrected chi connectivity index (χ1v) is 11.6. The molecule has 0 amide bonds. The molecule has 4 rings (SSSR count). The summed E-state index contributed by atoms with van der Waals surface area (Å²) in [5.41, 5.74) is -4.20. The van der Waals surface area contributed by atoms with E-state index in [0.717, 1.165) is 6.29 Å². The van der Waals surface area contributed by atoms with Gasteiger partial charge in [0.1, 0.15) is 12.0 Å². The second-order valence-corrected chi connectivity index (χ2v) is 11.6. The number of aldehydes is 1. The van der Waals surface area contributed by atoms with E-state index in [2.05, 4.69) is 0 Å². The highest BCUT2D eigenvalue weighted by atomic mass is 16.5. The molecule has 176 valence electrons. The Bertz CT molecular complexity index is 975. The number of aliphatic hydroxyl groups is 2. The normalized spacial score (nSPS) is 47.2. The highest BCUT2D eigenvalue weighted by Gasteiger charge is 2.80. The van der Waals surface area contributed by atoms with Crippen LogP contribution in [-0.4, -0.2) is 41.5 Å². The Balaban J connectivity index is 2.06. The average Bonchev–Trinajstić information content (AvgIpc) is 2.91. The van der Waals surface area contributed by atoms with Crippen LogP contribution >= 0.6 is 0 Å². The van der Waals surface area contributed by atoms with Crippen molar-refractivity contribution in [2.75, 3.05) is 7.11 Å². The summed E-state index contributed by atoms with van der Waals surface area (Å²) in [6.07, 6.45) is 4.65. The quantitative estimate of drug-likeness (QED) is 0.290. The molecule has 32 heavy (non-hydrogen) atoms. The van der Waals surface area contributed by atoms with Gasteiger partial charge in [0, 0.05) is 11.0 Å². The molecule has 2 fully saturated rings. The summed E-state index contributed by atoms with van der Waals surface area (Å²) in [6.45, 7) is 11.1. The maximum Gasteiger partial charge on any atom is 0.321 e. The van der Waals surface area contributed by atoms with Crippen molar-refractivity contribution in [1.29, 1.82) is 0 Å². The summed E-state index contributed by atoms with van der Waals surface area (Å²) in [5, 5.41) is 22.0. The van der Waals surface area contributed by atoms with Crippen LogP contribution in [-0.2, 0) is 19.1 Å². The molecule has 6 heteroatoms. The molecular weight excluding hydrogens is 408 g/mol. The average molecular weight is 445 g/mol. The van der Waals surface area contributed by atoms with Crippen LogP contribution < -0.4 is 0 Å². The number of ether oxygens (including phenoxy) is 1. The molecule has 0 aliphatic heterocycles. The molecule has 0 aromatic rings. The van der Waals surface area contributed by atoms with Crippen molar-refractivity contribution in [3.05, 3.63) is 23.0 Å². The highest BCUT2D eigenvalue weighted by molar-refractivity contribution is 6.17. The number of hydrogen-bond acceptors (Lipinski definition) is 6. The van der Waals surface area contributed by atoms with Crippen molar-refractivity contribution in [2.24, 2.45) is 38.9 Å². The molecule has 0 radical (unpaired) electrons. The van der Waals surface area contributed by atoms with Crippen LogP contribution in [0.15, 0.2) is 23.0 Å². The van der Waals surface area contributed by atoms with Crippen LogP contribution in [0.2, 0.25) is 0 Å². The lowest BCUT2D eigenvalue weighted by molar-refractivity contribution is -0.213. The van der Waals surface area contributed by atoms with Crippen molar-refractivity contribution in [2.45, 2.75) is 73.3 Å². The van der Waals surface area contributed by atoms with E-state index in [1.54, 1.807) is 13.8 Å². The molecule has 0 saturated heterocycles. The smallest absolute Gasteiger partial charge is 0.321 e. The van der Waals surface area contributed by atoms with Gasteiger partial charge in [-0.25, -0.2) is 0 Å². The molecule has 0 spiro atoms. The molecule has 0 heterocycles. The van der Waals surface area contributed by atoms with E-state index in [1.165, 1.54) is 7.11 Å². The summed E-state index contributed by atoms with van der Waals surface area (Å²) < 4.78 is 5.30. The van der Waals surface area contributed by atoms with E-state index in [9.17, 15) is 24.6 Å². The molecule has 0 aromatic heterocycles. The van der Waals surface area contributed by atoms with E-state index in [4.69, 9.17) is 4.74 Å². The van der Waals surface area contributed by atoms with Gasteiger partial charge in [-0.05, 0) is 69.1 Å². The number of allylic oxidation sites excluding steroid dienone is 3. The Morgan fingerprint density at radius 1 is 1.16 bits per heavy atom. The zero-order chi connectivity index (χ0) is 24.1. The van der Waals surface area contributed by atoms with E-state index in [1.807, 2.05) is 33.8 Å². The number of fused-ring (bicyclic) bond motifs is 5. The van der Waals surface area contributed by atoms with Crippen molar-refractivity contribution >= 4 is 18.0 Å². The van der Waals surface area contributed by atoms with Crippen LogP contribution in [0.3, 0.4) is 0 Å². The Labute approximate surface area is 190 Å². The standard InChI is InChI=1S/C26H36O6/c1-14-12-17-23(5,10-8-16-22(3,4)18(28)9-11-25(16,17)13-27)26(21(31)32-7)20(30)15(2)19(29)24(14,26)6/h12-13,16-18,28-29H,8-11H2,1-7H3. The zero-order valence-electron chi connectivity index (χ0n) is 20.2. The molecule has 0 bridgehead atoms. The zero-order valence-corrected chi connectivity index (χ0v) is 20.2. The molecule has 7 atom stereocenters. The topological polar surface area (TPSA) is 101 Å². The predicted molar refractivity (Wildman–Crippen MR) is 118 cm³/mol. The Hall–Kier alpha value is -1.95. The van der Waals surface area contributed by atoms with E-state index in [0.29, 0.717) is 31.3 Å². The number of carbonyl (C=O) groups is 3. The first kappa shape index (κ1) is 23.2. The second kappa shape index (κ2) is 6.55. The van der Waals surface area contributed by atoms with Gasteiger partial charge >= 0.3 is 5.97 Å². The van der Waals surface area contributed by atoms with Crippen molar-refractivity contribution in [3.8, 4) is 0 Å². The lowest BCUT2D eigenvalue weighted by Gasteiger charge is -2.68. The molecule has 7 unspecified atom stereocenters. The summed E-state index contributed by atoms with van der Waals surface area (Å²) in [7, 11) is 1.28. The number of Topliss-reactive ketones (excluding diaryl/α,β-unsaturated/α-hetero) is 1. The maximum atomic E-state index is 13.9. The molecule has 2 N–H and O–H groups in total. The summed E-state index contributed by atoms with van der Waals surface area (Å²) >= 11 is 0. The predicted octanol–water partition coefficient (Wildman–Crippen LogP) is 3.93. The van der Waals surface area contributed by atoms with Crippen LogP contribution in [0.25, 0.3) is 0 Å². The fourth-order valence-electron chi connectivity index (χ4n) is 8.62. The van der Waals surface area contributed by atoms with Gasteiger partial charge in [-0.1, -0.05) is 32.4 Å². The van der Waals surface area contributed by atoms with E-state index < -0.39 is 50.8 Å². The minimum atomic E-state index is -1.65. The van der Waals surface area contributed by atoms with Crippen LogP contribution in [0.1, 0.15) is 67.2 Å². The lowest BCUT2D eigenvalue weighted by atomic mass is 9.33. The molecule has 4 aliphatic rings. The third-order valence-corrected chi connectivity index (χ3v) is 10.5. The summed E-state index contributed by atoms with van der Waals surface area (Å²) in [6, 6.07) is 0. The number of rotatable bonds is 2. The van der Waals surface area contributed by atoms with Gasteiger partial charge in [-0.15, -0.1) is 0 Å². The number of methoxy groups -OCH3 is 1.